The summed E-state index contributed by atoms with van der Waals surface area (Å²) in [4.78, 5) is 11.7. The topological polar surface area (TPSA) is 55.0 Å². The zero-order chi connectivity index (χ0) is 15.6. The molecule has 0 saturated heterocycles. The lowest BCUT2D eigenvalue weighted by atomic mass is 10.1. The number of hydrogen-bond donors (Lipinski definition) is 1. The van der Waals surface area contributed by atoms with Gasteiger partial charge in [0.05, 0.1) is 17.4 Å². The molecule has 120 valence electrons. The molecule has 0 saturated carbocycles. The van der Waals surface area contributed by atoms with E-state index < -0.39 is 0 Å². The fourth-order valence-electron chi connectivity index (χ4n) is 2.60. The smallest absolute Gasteiger partial charge is 0.272 e. The number of hydrogen-bond acceptors (Lipinski definition) is 3. The van der Waals surface area contributed by atoms with E-state index in [1.54, 1.807) is 6.07 Å². The van der Waals surface area contributed by atoms with Crippen LogP contribution in [0.25, 0.3) is 10.8 Å². The van der Waals surface area contributed by atoms with Gasteiger partial charge < -0.3 is 4.74 Å². The summed E-state index contributed by atoms with van der Waals surface area (Å²) in [5.41, 5.74) is -0.171. The van der Waals surface area contributed by atoms with Crippen molar-refractivity contribution >= 4 is 10.8 Å². The highest BCUT2D eigenvalue weighted by Crippen LogP contribution is 2.19. The van der Waals surface area contributed by atoms with E-state index in [0.29, 0.717) is 17.9 Å². The Bertz CT molecular complexity index is 622. The van der Waals surface area contributed by atoms with Crippen LogP contribution < -0.4 is 10.3 Å². The fourth-order valence-corrected chi connectivity index (χ4v) is 2.60. The molecule has 0 aliphatic rings. The minimum atomic E-state index is -0.171. The molecular weight excluding hydrogens is 276 g/mol. The molecule has 0 aliphatic heterocycles. The molecule has 4 nitrogen and oxygen atoms in total. The molecular formula is C18H26N2O2. The number of aromatic amines is 1. The van der Waals surface area contributed by atoms with Crippen molar-refractivity contribution in [2.45, 2.75) is 58.3 Å². The van der Waals surface area contributed by atoms with Gasteiger partial charge in [0.25, 0.3) is 5.56 Å². The third-order valence-corrected chi connectivity index (χ3v) is 3.90. The Labute approximate surface area is 131 Å². The number of benzene rings is 1. The summed E-state index contributed by atoms with van der Waals surface area (Å²) in [6, 6.07) is 7.41. The van der Waals surface area contributed by atoms with Gasteiger partial charge >= 0.3 is 0 Å². The lowest BCUT2D eigenvalue weighted by molar-refractivity contribution is 0.293. The van der Waals surface area contributed by atoms with Crippen LogP contribution >= 0.6 is 0 Å². The van der Waals surface area contributed by atoms with Crippen molar-refractivity contribution in [1.82, 2.24) is 10.2 Å². The summed E-state index contributed by atoms with van der Waals surface area (Å²) in [5.74, 6) is 0.526. The van der Waals surface area contributed by atoms with Crippen LogP contribution in [0.1, 0.15) is 58.3 Å². The van der Waals surface area contributed by atoms with E-state index in [4.69, 9.17) is 4.74 Å². The van der Waals surface area contributed by atoms with Crippen LogP contribution in [0.3, 0.4) is 0 Å². The minimum absolute atomic E-state index is 0.171. The first kappa shape index (κ1) is 16.5. The van der Waals surface area contributed by atoms with Gasteiger partial charge in [-0.3, -0.25) is 4.79 Å². The van der Waals surface area contributed by atoms with Crippen LogP contribution in [-0.2, 0) is 0 Å². The second kappa shape index (κ2) is 9.23. The highest BCUT2D eigenvalue weighted by Gasteiger charge is 2.06. The molecule has 0 aliphatic carbocycles. The van der Waals surface area contributed by atoms with Crippen molar-refractivity contribution in [3.05, 3.63) is 34.6 Å². The average Bonchev–Trinajstić information content (AvgIpc) is 2.55. The highest BCUT2D eigenvalue weighted by atomic mass is 16.5. The second-order valence-electron chi connectivity index (χ2n) is 5.73. The number of nitrogens with zero attached hydrogens (tertiary/aromatic N) is 1. The first-order valence-electron chi connectivity index (χ1n) is 8.43. The Morgan fingerprint density at radius 1 is 0.955 bits per heavy atom. The van der Waals surface area contributed by atoms with Crippen LogP contribution in [0.5, 0.6) is 5.88 Å². The summed E-state index contributed by atoms with van der Waals surface area (Å²) in [5, 5.41) is 7.92. The summed E-state index contributed by atoms with van der Waals surface area (Å²) < 4.78 is 5.74. The maximum Gasteiger partial charge on any atom is 0.272 e. The molecule has 0 amide bonds. The molecule has 0 radical (unpaired) electrons. The summed E-state index contributed by atoms with van der Waals surface area (Å²) in [6.07, 6.45) is 10.2. The zero-order valence-corrected chi connectivity index (χ0v) is 13.4. The standard InChI is InChI=1S/C18H26N2O2/c1-2-3-4-5-6-7-8-11-14-22-18-16-13-10-9-12-15(16)17(21)19-20-18/h9-10,12-13H,2-8,11,14H2,1H3,(H,19,21). The molecule has 0 fully saturated rings. The number of ether oxygens (including phenoxy) is 1. The van der Waals surface area contributed by atoms with Gasteiger partial charge in [-0.05, 0) is 18.6 Å². The first-order valence-corrected chi connectivity index (χ1v) is 8.43. The van der Waals surface area contributed by atoms with E-state index in [1.165, 1.54) is 44.9 Å². The zero-order valence-electron chi connectivity index (χ0n) is 13.4. The van der Waals surface area contributed by atoms with E-state index in [1.807, 2.05) is 18.2 Å². The fraction of sp³-hybridized carbons (Fsp3) is 0.556. The Kier molecular flexibility index (Phi) is 6.94. The van der Waals surface area contributed by atoms with Crippen molar-refractivity contribution in [1.29, 1.82) is 0 Å². The number of rotatable bonds is 10. The van der Waals surface area contributed by atoms with Crippen molar-refractivity contribution in [2.24, 2.45) is 0 Å². The van der Waals surface area contributed by atoms with Gasteiger partial charge in [0.1, 0.15) is 0 Å². The Morgan fingerprint density at radius 3 is 2.32 bits per heavy atom. The number of unbranched alkanes of at least 4 members (excludes halogenated alkanes) is 7. The minimum Gasteiger partial charge on any atom is -0.476 e. The van der Waals surface area contributed by atoms with Crippen molar-refractivity contribution in [2.75, 3.05) is 6.61 Å². The molecule has 2 aromatic rings. The van der Waals surface area contributed by atoms with Crippen LogP contribution in [0, 0.1) is 0 Å². The summed E-state index contributed by atoms with van der Waals surface area (Å²) >= 11 is 0. The second-order valence-corrected chi connectivity index (χ2v) is 5.73. The first-order chi connectivity index (χ1) is 10.8. The molecule has 22 heavy (non-hydrogen) atoms. The SMILES string of the molecule is CCCCCCCCCCOc1n[nH]c(=O)c2ccccc12. The van der Waals surface area contributed by atoms with Gasteiger partial charge in [-0.1, -0.05) is 64.0 Å². The maximum atomic E-state index is 11.7. The third kappa shape index (κ3) is 4.86. The lowest BCUT2D eigenvalue weighted by Crippen LogP contribution is -2.10. The monoisotopic (exact) mass is 302 g/mol. The molecule has 0 bridgehead atoms. The normalized spacial score (nSPS) is 11.0. The molecule has 1 aromatic heterocycles. The van der Waals surface area contributed by atoms with E-state index in [0.717, 1.165) is 11.8 Å². The van der Waals surface area contributed by atoms with E-state index in [9.17, 15) is 4.79 Å². The van der Waals surface area contributed by atoms with Gasteiger partial charge in [0.2, 0.25) is 5.88 Å². The molecule has 0 atom stereocenters. The van der Waals surface area contributed by atoms with Gasteiger partial charge in [0, 0.05) is 0 Å². The van der Waals surface area contributed by atoms with Gasteiger partial charge in [-0.15, -0.1) is 5.10 Å². The van der Waals surface area contributed by atoms with Crippen LogP contribution in [-0.4, -0.2) is 16.8 Å². The van der Waals surface area contributed by atoms with Crippen molar-refractivity contribution < 1.29 is 4.74 Å². The highest BCUT2D eigenvalue weighted by molar-refractivity contribution is 5.85. The van der Waals surface area contributed by atoms with E-state index in [2.05, 4.69) is 17.1 Å². The maximum absolute atomic E-state index is 11.7. The lowest BCUT2D eigenvalue weighted by Gasteiger charge is -2.07. The number of H-pyrrole nitrogens is 1. The number of aromatic nitrogens is 2. The third-order valence-electron chi connectivity index (χ3n) is 3.90. The Balaban J connectivity index is 1.72. The van der Waals surface area contributed by atoms with E-state index >= 15 is 0 Å². The van der Waals surface area contributed by atoms with E-state index in [-0.39, 0.29) is 5.56 Å². The van der Waals surface area contributed by atoms with Gasteiger partial charge in [-0.2, -0.15) is 0 Å². The van der Waals surface area contributed by atoms with Gasteiger partial charge in [0.15, 0.2) is 0 Å². The molecule has 1 N–H and O–H groups in total. The largest absolute Gasteiger partial charge is 0.476 e. The van der Waals surface area contributed by atoms with Crippen molar-refractivity contribution in [3.8, 4) is 5.88 Å². The predicted octanol–water partition coefficient (Wildman–Crippen LogP) is 4.44. The van der Waals surface area contributed by atoms with Gasteiger partial charge in [-0.25, -0.2) is 5.10 Å². The number of nitrogens with one attached hydrogen (secondary N) is 1. The molecule has 0 spiro atoms. The molecule has 2 rings (SSSR count). The molecule has 1 heterocycles. The molecule has 1 aromatic carbocycles. The Hall–Kier alpha value is -1.84. The predicted molar refractivity (Wildman–Crippen MR) is 90.5 cm³/mol. The quantitative estimate of drug-likeness (QED) is 0.660. The summed E-state index contributed by atoms with van der Waals surface area (Å²) in [7, 11) is 0. The van der Waals surface area contributed by atoms with Crippen molar-refractivity contribution in [3.63, 3.8) is 0 Å². The molecule has 0 unspecified atom stereocenters. The summed E-state index contributed by atoms with van der Waals surface area (Å²) in [6.45, 7) is 2.89. The average molecular weight is 302 g/mol. The van der Waals surface area contributed by atoms with Crippen LogP contribution in [0.2, 0.25) is 0 Å². The van der Waals surface area contributed by atoms with Crippen LogP contribution in [0.4, 0.5) is 0 Å². The Morgan fingerprint density at radius 2 is 1.59 bits per heavy atom. The number of fused-ring (bicyclic) bond motifs is 1. The van der Waals surface area contributed by atoms with Crippen LogP contribution in [0.15, 0.2) is 29.1 Å². The molecule has 4 heteroatoms.